The first-order valence-electron chi connectivity index (χ1n) is 21.2. The smallest absolute Gasteiger partial charge is 0.411 e. The molecule has 19 nitrogen and oxygen atoms in total. The number of benzene rings is 2. The van der Waals surface area contributed by atoms with Crippen LogP contribution in [0.4, 0.5) is 24.1 Å². The minimum Gasteiger partial charge on any atom is -0.446 e. The molecule has 0 spiro atoms. The second kappa shape index (κ2) is 20.2. The monoisotopic (exact) mass is 909 g/mol. The van der Waals surface area contributed by atoms with Crippen molar-refractivity contribution in [3.05, 3.63) is 93.2 Å². The third-order valence-corrected chi connectivity index (χ3v) is 12.5. The number of aryl methyl sites for hydroxylation is 3. The number of hydrogen-bond donors (Lipinski definition) is 2. The largest absolute Gasteiger partial charge is 0.446 e. The predicted molar refractivity (Wildman–Crippen MR) is 229 cm³/mol. The van der Waals surface area contributed by atoms with Crippen molar-refractivity contribution in [3.8, 4) is 0 Å². The molecule has 344 valence electrons. The number of nitrogens with zero attached hydrogens (tertiary/aromatic N) is 9. The summed E-state index contributed by atoms with van der Waals surface area (Å²) in [6, 6.07) is 7.52. The fourth-order valence-electron chi connectivity index (χ4n) is 8.46. The topological polar surface area (TPSA) is 220 Å². The molecule has 2 aromatic carbocycles. The molecule has 0 fully saturated rings. The molecular weight excluding hydrogens is 857 g/mol. The van der Waals surface area contributed by atoms with Crippen LogP contribution < -0.4 is 16.2 Å². The zero-order valence-electron chi connectivity index (χ0n) is 36.2. The molecule has 1 aliphatic heterocycles. The molecule has 4 atom stereocenters. The molecule has 0 radical (unpaired) electrons. The molecule has 2 amide bonds. The number of sulfone groups is 1. The van der Waals surface area contributed by atoms with E-state index in [4.69, 9.17) is 19.3 Å². The van der Waals surface area contributed by atoms with Crippen LogP contribution in [0.15, 0.2) is 47.5 Å². The number of methoxy groups -OCH3 is 1. The Morgan fingerprint density at radius 3 is 2.58 bits per heavy atom. The molecule has 0 bridgehead atoms. The van der Waals surface area contributed by atoms with Gasteiger partial charge in [-0.05, 0) is 81.2 Å². The summed E-state index contributed by atoms with van der Waals surface area (Å²) in [5.41, 5.74) is 2.51. The molecule has 0 saturated carbocycles. The number of unbranched alkanes of at least 4 members (excludes halogenated alkanes) is 2. The first-order valence-corrected chi connectivity index (χ1v) is 23.3. The maximum Gasteiger partial charge on any atom is 0.411 e. The van der Waals surface area contributed by atoms with Gasteiger partial charge in [0.05, 0.1) is 46.8 Å². The number of carbonyl (C=O) groups is 2. The lowest BCUT2D eigenvalue weighted by Gasteiger charge is -2.34. The van der Waals surface area contributed by atoms with Crippen molar-refractivity contribution in [2.45, 2.75) is 95.2 Å². The van der Waals surface area contributed by atoms with E-state index in [1.807, 2.05) is 4.68 Å². The molecule has 1 aliphatic carbocycles. The summed E-state index contributed by atoms with van der Waals surface area (Å²) < 4.78 is 75.7. The average Bonchev–Trinajstić information content (AvgIpc) is 3.84. The quantitative estimate of drug-likeness (QED) is 0.124. The number of amides is 2. The van der Waals surface area contributed by atoms with Crippen molar-refractivity contribution < 1.29 is 41.0 Å². The Morgan fingerprint density at radius 1 is 1.06 bits per heavy atom. The van der Waals surface area contributed by atoms with E-state index >= 15 is 4.39 Å². The highest BCUT2D eigenvalue weighted by atomic mass is 32.2. The number of halogens is 2. The van der Waals surface area contributed by atoms with Gasteiger partial charge in [0.15, 0.2) is 9.84 Å². The number of nitrogens with one attached hydrogen (secondary N) is 2. The van der Waals surface area contributed by atoms with Gasteiger partial charge in [-0.3, -0.25) is 14.4 Å². The van der Waals surface area contributed by atoms with Gasteiger partial charge in [0.1, 0.15) is 42.7 Å². The van der Waals surface area contributed by atoms with Gasteiger partial charge < -0.3 is 24.8 Å². The van der Waals surface area contributed by atoms with E-state index in [9.17, 15) is 27.2 Å². The lowest BCUT2D eigenvalue weighted by atomic mass is 9.83. The first-order chi connectivity index (χ1) is 30.7. The van der Waals surface area contributed by atoms with E-state index in [0.29, 0.717) is 66.8 Å². The number of anilines is 1. The lowest BCUT2D eigenvalue weighted by molar-refractivity contribution is 0.0463. The summed E-state index contributed by atoms with van der Waals surface area (Å²) in [6.45, 7) is 0.119. The molecule has 0 saturated heterocycles. The maximum absolute atomic E-state index is 15.3. The minimum atomic E-state index is -3.60. The van der Waals surface area contributed by atoms with Crippen LogP contribution in [0.2, 0.25) is 0 Å². The van der Waals surface area contributed by atoms with Gasteiger partial charge in [-0.25, -0.2) is 41.1 Å². The fraction of sp³-hybridized carbons (Fsp3) is 0.524. The Labute approximate surface area is 368 Å². The van der Waals surface area contributed by atoms with Crippen LogP contribution in [0.25, 0.3) is 10.8 Å². The number of aromatic nitrogens is 8. The number of rotatable bonds is 17. The molecule has 4 heterocycles. The van der Waals surface area contributed by atoms with Crippen molar-refractivity contribution in [2.24, 2.45) is 7.05 Å². The van der Waals surface area contributed by atoms with Crippen molar-refractivity contribution in [1.82, 2.24) is 49.8 Å². The molecular formula is C42H53F2N11O8S. The zero-order valence-corrected chi connectivity index (χ0v) is 37.0. The number of carbonyl (C=O) groups excluding carboxylic acids is 2. The van der Waals surface area contributed by atoms with Crippen molar-refractivity contribution in [1.29, 1.82) is 0 Å². The average molecular weight is 910 g/mol. The standard InChI is InChI=1S/C42H53F2N11O8S/c1-45-41(57)62-29-10-8-11-34-32(17-16-29)49-51-54(34)18-7-5-6-9-30(23-64(4,59)60)63-42(58)53(19-20-61-3)25-55-40(56)31-21-28(44)22-33-35(31)38(50-55)36(39-46-24-47-52(39)2)37(48-33)26-12-14-27(43)15-13-26/h12-15,21-22,24,29-30,36-37,48H,5-11,16-20,23,25H2,1-4H3,(H,45,57)/t29?,30?,36-,37-/m1/s1. The first kappa shape index (κ1) is 46.0. The van der Waals surface area contributed by atoms with Gasteiger partial charge in [-0.2, -0.15) is 10.2 Å². The summed E-state index contributed by atoms with van der Waals surface area (Å²) in [7, 11) is 1.07. The minimum absolute atomic E-state index is 0.00852. The second-order valence-corrected chi connectivity index (χ2v) is 18.4. The highest BCUT2D eigenvalue weighted by molar-refractivity contribution is 7.90. The van der Waals surface area contributed by atoms with Crippen molar-refractivity contribution >= 4 is 38.5 Å². The third kappa shape index (κ3) is 10.8. The van der Waals surface area contributed by atoms with Gasteiger partial charge >= 0.3 is 12.2 Å². The second-order valence-electron chi connectivity index (χ2n) is 16.2. The normalized spacial score (nSPS) is 17.8. The molecule has 7 rings (SSSR count). The summed E-state index contributed by atoms with van der Waals surface area (Å²) in [4.78, 5) is 45.6. The van der Waals surface area contributed by atoms with Crippen LogP contribution in [0.3, 0.4) is 0 Å². The van der Waals surface area contributed by atoms with Gasteiger partial charge in [-0.1, -0.05) is 23.8 Å². The van der Waals surface area contributed by atoms with Crippen molar-refractivity contribution in [3.63, 3.8) is 0 Å². The lowest BCUT2D eigenvalue weighted by Crippen LogP contribution is -2.43. The van der Waals surface area contributed by atoms with Crippen LogP contribution in [0.5, 0.6) is 0 Å². The Balaban J connectivity index is 1.08. The molecule has 2 unspecified atom stereocenters. The number of alkyl carbamates (subject to hydrolysis) is 1. The molecule has 64 heavy (non-hydrogen) atoms. The van der Waals surface area contributed by atoms with Crippen LogP contribution >= 0.6 is 0 Å². The Kier molecular flexibility index (Phi) is 14.5. The fourth-order valence-corrected chi connectivity index (χ4v) is 9.37. The number of ether oxygens (including phenoxy) is 3. The SMILES string of the molecule is CNC(=O)OC1CCCc2c(nnn2CCCCCC(CS(C)(=O)=O)OC(=O)N(CCOC)Cn2nc3c4c(cc(F)cc4c2=O)N[C@H](c2ccc(F)cc2)[C@H]3c2ncnn2C)CC1. The Bertz CT molecular complexity index is 2620. The number of fused-ring (bicyclic) bond motifs is 1. The van der Waals surface area contributed by atoms with Gasteiger partial charge in [-0.15, -0.1) is 5.10 Å². The summed E-state index contributed by atoms with van der Waals surface area (Å²) in [5, 5.41) is 24.0. The van der Waals surface area contributed by atoms with Crippen LogP contribution in [0.1, 0.15) is 85.4 Å². The van der Waals surface area contributed by atoms with Gasteiger partial charge in [0, 0.05) is 51.6 Å². The van der Waals surface area contributed by atoms with Gasteiger partial charge in [0.2, 0.25) is 0 Å². The summed E-state index contributed by atoms with van der Waals surface area (Å²) in [5.74, 6) is -1.84. The summed E-state index contributed by atoms with van der Waals surface area (Å²) in [6.07, 6.45) is 5.67. The zero-order chi connectivity index (χ0) is 45.5. The van der Waals surface area contributed by atoms with Crippen LogP contribution in [-0.4, -0.2) is 117 Å². The maximum atomic E-state index is 15.3. The van der Waals surface area contributed by atoms with E-state index < -0.39 is 69.7 Å². The molecule has 3 aromatic heterocycles. The van der Waals surface area contributed by atoms with Crippen molar-refractivity contribution in [2.75, 3.05) is 44.6 Å². The molecule has 2 aliphatic rings. The number of hydrogen-bond acceptors (Lipinski definition) is 14. The summed E-state index contributed by atoms with van der Waals surface area (Å²) >= 11 is 0. The predicted octanol–water partition coefficient (Wildman–Crippen LogP) is 4.40. The van der Waals surface area contributed by atoms with E-state index in [1.165, 1.54) is 43.6 Å². The van der Waals surface area contributed by atoms with Crippen LogP contribution in [0, 0.1) is 11.6 Å². The van der Waals surface area contributed by atoms with E-state index in [0.717, 1.165) is 47.7 Å². The van der Waals surface area contributed by atoms with Crippen LogP contribution in [-0.2, 0) is 57.2 Å². The molecule has 5 aromatic rings. The van der Waals surface area contributed by atoms with Gasteiger partial charge in [0.25, 0.3) is 5.56 Å². The Morgan fingerprint density at radius 2 is 1.86 bits per heavy atom. The molecule has 22 heteroatoms. The highest BCUT2D eigenvalue weighted by Gasteiger charge is 2.39. The third-order valence-electron chi connectivity index (χ3n) is 11.6. The van der Waals surface area contributed by atoms with E-state index in [2.05, 4.69) is 31.0 Å². The van der Waals surface area contributed by atoms with E-state index in [1.54, 1.807) is 23.9 Å². The Hall–Kier alpha value is -6.03. The highest BCUT2D eigenvalue weighted by Crippen LogP contribution is 2.46. The molecule has 2 N–H and O–H groups in total. The van der Waals surface area contributed by atoms with E-state index in [-0.39, 0.29) is 31.1 Å².